The molecule has 0 aromatic heterocycles. The van der Waals surface area contributed by atoms with E-state index in [1.54, 1.807) is 24.3 Å². The molecule has 1 unspecified atom stereocenters. The highest BCUT2D eigenvalue weighted by Gasteiger charge is 2.17. The van der Waals surface area contributed by atoms with Gasteiger partial charge in [-0.1, -0.05) is 44.2 Å². The molecule has 0 aliphatic rings. The van der Waals surface area contributed by atoms with Crippen LogP contribution >= 0.6 is 0 Å². The van der Waals surface area contributed by atoms with Gasteiger partial charge in [0.1, 0.15) is 5.75 Å². The van der Waals surface area contributed by atoms with Gasteiger partial charge in [-0.05, 0) is 11.5 Å². The Bertz CT molecular complexity index is 742. The van der Waals surface area contributed by atoms with E-state index < -0.39 is 4.92 Å². The molecule has 0 heterocycles. The lowest BCUT2D eigenvalue weighted by Gasteiger charge is -2.13. The largest absolute Gasteiger partial charge is 0.507 e. The van der Waals surface area contributed by atoms with E-state index in [0.29, 0.717) is 11.1 Å². The van der Waals surface area contributed by atoms with Crippen molar-refractivity contribution in [3.05, 3.63) is 58.1 Å². The van der Waals surface area contributed by atoms with Crippen LogP contribution < -0.4 is 0 Å². The number of aromatic hydroxyl groups is 1. The summed E-state index contributed by atoms with van der Waals surface area (Å²) in [6, 6.07) is 11.2. The number of nitrogens with zero attached hydrogens (tertiary/aromatic N) is 2. The maximum atomic E-state index is 11.2. The first kappa shape index (κ1) is 17.6. The quantitative estimate of drug-likeness (QED) is 0.482. The van der Waals surface area contributed by atoms with E-state index in [4.69, 9.17) is 0 Å². The third kappa shape index (κ3) is 3.97. The Hall–Kier alpha value is -2.73. The number of phenols is 1. The molecule has 1 atom stereocenters. The number of non-ortho nitro benzene ring substituents is 1. The lowest BCUT2D eigenvalue weighted by Crippen LogP contribution is -2.17. The fourth-order valence-electron chi connectivity index (χ4n) is 2.29. The molecule has 0 bridgehead atoms. The molecule has 2 aromatic rings. The lowest BCUT2D eigenvalue weighted by atomic mass is 10.0. The van der Waals surface area contributed by atoms with E-state index in [-0.39, 0.29) is 35.6 Å². The van der Waals surface area contributed by atoms with Crippen LogP contribution in [0.1, 0.15) is 19.4 Å². The minimum absolute atomic E-state index is 0.0732. The molecule has 0 amide bonds. The summed E-state index contributed by atoms with van der Waals surface area (Å²) in [7, 11) is 0. The summed E-state index contributed by atoms with van der Waals surface area (Å²) in [6.45, 7) is 3.71. The first-order valence-electron chi connectivity index (χ1n) is 7.65. The maximum absolute atomic E-state index is 11.2. The summed E-state index contributed by atoms with van der Waals surface area (Å²) in [5, 5.41) is 31.0. The Kier molecular flexibility index (Phi) is 5.65. The van der Waals surface area contributed by atoms with Crippen molar-refractivity contribution >= 4 is 11.9 Å². The molecule has 24 heavy (non-hydrogen) atoms. The van der Waals surface area contributed by atoms with Crippen molar-refractivity contribution in [2.24, 2.45) is 10.9 Å². The van der Waals surface area contributed by atoms with Crippen molar-refractivity contribution in [2.45, 2.75) is 19.9 Å². The number of phenolic OH excluding ortho intramolecular Hbond substituents is 1. The minimum Gasteiger partial charge on any atom is -0.507 e. The predicted octanol–water partition coefficient (Wildman–Crippen LogP) is 3.40. The number of aliphatic imine (C=N–C) groups is 1. The number of rotatable bonds is 6. The van der Waals surface area contributed by atoms with E-state index >= 15 is 0 Å². The van der Waals surface area contributed by atoms with Crippen LogP contribution in [-0.4, -0.2) is 34.0 Å². The number of aliphatic hydroxyl groups excluding tert-OH is 1. The Morgan fingerprint density at radius 3 is 2.46 bits per heavy atom. The molecule has 6 heteroatoms. The van der Waals surface area contributed by atoms with E-state index in [0.717, 1.165) is 0 Å². The standard InChI is InChI=1S/C18H20N2O4/c1-12(2)17(11-21)19-10-14-8-15(20(23)24)9-16(18(14)22)13-6-4-3-5-7-13/h3-10,12,17,21-22H,11H2,1-2H3. The van der Waals surface area contributed by atoms with Crippen LogP contribution in [-0.2, 0) is 0 Å². The van der Waals surface area contributed by atoms with E-state index in [1.807, 2.05) is 19.9 Å². The molecule has 0 saturated heterocycles. The number of nitro groups is 1. The average molecular weight is 328 g/mol. The van der Waals surface area contributed by atoms with Gasteiger partial charge in [0.15, 0.2) is 0 Å². The Labute approximate surface area is 140 Å². The highest BCUT2D eigenvalue weighted by molar-refractivity contribution is 5.90. The topological polar surface area (TPSA) is 96.0 Å². The van der Waals surface area contributed by atoms with Gasteiger partial charge in [0.2, 0.25) is 0 Å². The van der Waals surface area contributed by atoms with Gasteiger partial charge in [0, 0.05) is 29.5 Å². The first-order chi connectivity index (χ1) is 11.4. The summed E-state index contributed by atoms with van der Waals surface area (Å²) in [4.78, 5) is 14.9. The van der Waals surface area contributed by atoms with Gasteiger partial charge in [-0.25, -0.2) is 0 Å². The smallest absolute Gasteiger partial charge is 0.270 e. The van der Waals surface area contributed by atoms with Crippen molar-refractivity contribution in [3.63, 3.8) is 0 Å². The van der Waals surface area contributed by atoms with Crippen LogP contribution in [0.3, 0.4) is 0 Å². The summed E-state index contributed by atoms with van der Waals surface area (Å²) >= 11 is 0. The summed E-state index contributed by atoms with van der Waals surface area (Å²) in [5.74, 6) is 0.0386. The summed E-state index contributed by atoms with van der Waals surface area (Å²) in [5.41, 5.74) is 1.17. The van der Waals surface area contributed by atoms with E-state index in [9.17, 15) is 20.3 Å². The molecule has 0 radical (unpaired) electrons. The molecular weight excluding hydrogens is 308 g/mol. The predicted molar refractivity (Wildman–Crippen MR) is 93.5 cm³/mol. The van der Waals surface area contributed by atoms with Crippen LogP contribution in [0.15, 0.2) is 47.5 Å². The zero-order chi connectivity index (χ0) is 17.7. The molecular formula is C18H20N2O4. The van der Waals surface area contributed by atoms with Gasteiger partial charge < -0.3 is 10.2 Å². The fourth-order valence-corrected chi connectivity index (χ4v) is 2.29. The van der Waals surface area contributed by atoms with Crippen LogP contribution in [0.4, 0.5) is 5.69 Å². The average Bonchev–Trinajstić information content (AvgIpc) is 2.57. The Balaban J connectivity index is 2.53. The number of hydrogen-bond acceptors (Lipinski definition) is 5. The number of hydrogen-bond donors (Lipinski definition) is 2. The molecule has 2 rings (SSSR count). The zero-order valence-electron chi connectivity index (χ0n) is 13.6. The zero-order valence-corrected chi connectivity index (χ0v) is 13.6. The Morgan fingerprint density at radius 2 is 1.92 bits per heavy atom. The number of aliphatic hydroxyl groups is 1. The van der Waals surface area contributed by atoms with Crippen molar-refractivity contribution in [3.8, 4) is 16.9 Å². The fraction of sp³-hybridized carbons (Fsp3) is 0.278. The Morgan fingerprint density at radius 1 is 1.25 bits per heavy atom. The first-order valence-corrected chi connectivity index (χ1v) is 7.65. The van der Waals surface area contributed by atoms with Crippen LogP contribution in [0, 0.1) is 16.0 Å². The molecule has 2 N–H and O–H groups in total. The second-order valence-corrected chi connectivity index (χ2v) is 5.83. The third-order valence-corrected chi connectivity index (χ3v) is 3.78. The number of benzene rings is 2. The van der Waals surface area contributed by atoms with Crippen molar-refractivity contribution in [1.29, 1.82) is 0 Å². The summed E-state index contributed by atoms with van der Waals surface area (Å²) in [6.07, 6.45) is 1.38. The lowest BCUT2D eigenvalue weighted by molar-refractivity contribution is -0.384. The highest BCUT2D eigenvalue weighted by atomic mass is 16.6. The second-order valence-electron chi connectivity index (χ2n) is 5.83. The molecule has 126 valence electrons. The van der Waals surface area contributed by atoms with Crippen molar-refractivity contribution < 1.29 is 15.1 Å². The normalized spacial score (nSPS) is 12.7. The van der Waals surface area contributed by atoms with Gasteiger partial charge in [-0.2, -0.15) is 0 Å². The second kappa shape index (κ2) is 7.70. The highest BCUT2D eigenvalue weighted by Crippen LogP contribution is 2.35. The van der Waals surface area contributed by atoms with Crippen molar-refractivity contribution in [1.82, 2.24) is 0 Å². The molecule has 0 spiro atoms. The minimum atomic E-state index is -0.505. The van der Waals surface area contributed by atoms with E-state index in [2.05, 4.69) is 4.99 Å². The van der Waals surface area contributed by atoms with E-state index in [1.165, 1.54) is 18.3 Å². The van der Waals surface area contributed by atoms with Gasteiger partial charge in [-0.15, -0.1) is 0 Å². The SMILES string of the molecule is CC(C)C(CO)N=Cc1cc([N+](=O)[O-])cc(-c2ccccc2)c1O. The molecule has 0 aliphatic heterocycles. The van der Waals surface area contributed by atoms with Gasteiger partial charge in [0.05, 0.1) is 17.6 Å². The summed E-state index contributed by atoms with van der Waals surface area (Å²) < 4.78 is 0. The maximum Gasteiger partial charge on any atom is 0.270 e. The van der Waals surface area contributed by atoms with Crippen LogP contribution in [0.5, 0.6) is 5.75 Å². The van der Waals surface area contributed by atoms with Crippen LogP contribution in [0.25, 0.3) is 11.1 Å². The molecule has 2 aromatic carbocycles. The van der Waals surface area contributed by atoms with Crippen LogP contribution in [0.2, 0.25) is 0 Å². The van der Waals surface area contributed by atoms with Crippen molar-refractivity contribution in [2.75, 3.05) is 6.61 Å². The van der Waals surface area contributed by atoms with Gasteiger partial charge >= 0.3 is 0 Å². The molecule has 0 saturated carbocycles. The van der Waals surface area contributed by atoms with Gasteiger partial charge in [-0.3, -0.25) is 15.1 Å². The molecule has 0 fully saturated rings. The number of nitro benzene ring substituents is 1. The third-order valence-electron chi connectivity index (χ3n) is 3.78. The monoisotopic (exact) mass is 328 g/mol. The van der Waals surface area contributed by atoms with Gasteiger partial charge in [0.25, 0.3) is 5.69 Å². The molecule has 6 nitrogen and oxygen atoms in total. The molecule has 0 aliphatic carbocycles.